The molecule has 180 valence electrons. The number of carbonyl (C=O) groups excluding carboxylic acids is 1. The van der Waals surface area contributed by atoms with Crippen LogP contribution in [0.15, 0.2) is 47.3 Å². The highest BCUT2D eigenvalue weighted by atomic mass is 35.5. The van der Waals surface area contributed by atoms with Crippen LogP contribution in [0.25, 0.3) is 28.1 Å². The Bertz CT molecular complexity index is 1420. The van der Waals surface area contributed by atoms with E-state index in [1.807, 2.05) is 66.5 Å². The van der Waals surface area contributed by atoms with Crippen molar-refractivity contribution in [1.82, 2.24) is 19.7 Å². The van der Waals surface area contributed by atoms with Gasteiger partial charge in [0.15, 0.2) is 5.69 Å². The summed E-state index contributed by atoms with van der Waals surface area (Å²) in [6.45, 7) is 6.21. The summed E-state index contributed by atoms with van der Waals surface area (Å²) < 4.78 is 13.7. The van der Waals surface area contributed by atoms with Gasteiger partial charge in [0.1, 0.15) is 23.3 Å². The lowest BCUT2D eigenvalue weighted by molar-refractivity contribution is 0.0646. The molecule has 7 nitrogen and oxygen atoms in total. The predicted octanol–water partition coefficient (Wildman–Crippen LogP) is 6.09. The second kappa shape index (κ2) is 8.70. The van der Waals surface area contributed by atoms with Gasteiger partial charge in [-0.2, -0.15) is 16.4 Å². The molecule has 0 radical (unpaired) electrons. The Labute approximate surface area is 212 Å². The van der Waals surface area contributed by atoms with Crippen LogP contribution < -0.4 is 9.47 Å². The van der Waals surface area contributed by atoms with Crippen LogP contribution in [0.2, 0.25) is 5.15 Å². The van der Waals surface area contributed by atoms with Crippen molar-refractivity contribution in [3.63, 3.8) is 0 Å². The van der Waals surface area contributed by atoms with Crippen molar-refractivity contribution < 1.29 is 14.3 Å². The fourth-order valence-electron chi connectivity index (χ4n) is 4.05. The van der Waals surface area contributed by atoms with Gasteiger partial charge in [-0.05, 0) is 50.4 Å². The Morgan fingerprint density at radius 3 is 2.69 bits per heavy atom. The Kier molecular flexibility index (Phi) is 5.81. The first kappa shape index (κ1) is 23.4. The van der Waals surface area contributed by atoms with Crippen molar-refractivity contribution in [1.29, 1.82) is 0 Å². The molecule has 0 atom stereocenters. The molecule has 4 aromatic rings. The zero-order valence-electron chi connectivity index (χ0n) is 20.1. The molecule has 0 unspecified atom stereocenters. The van der Waals surface area contributed by atoms with Crippen LogP contribution >= 0.6 is 22.9 Å². The summed E-state index contributed by atoms with van der Waals surface area (Å²) in [5.74, 6) is 1.11. The van der Waals surface area contributed by atoms with Crippen LogP contribution in [0.1, 0.15) is 36.8 Å². The van der Waals surface area contributed by atoms with E-state index >= 15 is 0 Å². The van der Waals surface area contributed by atoms with Crippen molar-refractivity contribution in [3.05, 3.63) is 63.7 Å². The number of amides is 1. The van der Waals surface area contributed by atoms with E-state index in [0.29, 0.717) is 22.3 Å². The van der Waals surface area contributed by atoms with Crippen LogP contribution in [0, 0.1) is 0 Å². The van der Waals surface area contributed by atoms with Gasteiger partial charge in [0, 0.05) is 52.5 Å². The summed E-state index contributed by atoms with van der Waals surface area (Å²) in [5.41, 5.74) is 4.79. The molecule has 5 rings (SSSR count). The van der Waals surface area contributed by atoms with Crippen LogP contribution in [-0.2, 0) is 6.61 Å². The summed E-state index contributed by atoms with van der Waals surface area (Å²) in [5, 5.41) is 9.18. The zero-order valence-corrected chi connectivity index (χ0v) is 21.7. The number of methoxy groups -OCH3 is 1. The topological polar surface area (TPSA) is 69.5 Å². The number of hydrogen-bond donors (Lipinski definition) is 0. The lowest BCUT2D eigenvalue weighted by Crippen LogP contribution is -2.43. The maximum atomic E-state index is 13.5. The SMILES string of the molecule is COc1cc2c(cc1-c1cccnc1Cl)-c1c(c(C(=O)N(C)C(C)(C)C)nn1-c1ccsc1)CO2. The number of fused-ring (bicyclic) bond motifs is 3. The molecule has 1 aliphatic heterocycles. The third-order valence-corrected chi connectivity index (χ3v) is 7.20. The Morgan fingerprint density at radius 1 is 1.23 bits per heavy atom. The zero-order chi connectivity index (χ0) is 24.9. The number of ether oxygens (including phenoxy) is 2. The van der Waals surface area contributed by atoms with Crippen molar-refractivity contribution in [3.8, 4) is 39.6 Å². The second-order valence-corrected chi connectivity index (χ2v) is 10.4. The van der Waals surface area contributed by atoms with Gasteiger partial charge < -0.3 is 14.4 Å². The normalized spacial score (nSPS) is 12.5. The smallest absolute Gasteiger partial charge is 0.274 e. The average molecular weight is 509 g/mol. The minimum Gasteiger partial charge on any atom is -0.496 e. The van der Waals surface area contributed by atoms with E-state index in [1.54, 1.807) is 36.6 Å². The summed E-state index contributed by atoms with van der Waals surface area (Å²) >= 11 is 8.01. The highest BCUT2D eigenvalue weighted by Crippen LogP contribution is 2.47. The number of carbonyl (C=O) groups is 1. The molecule has 0 spiro atoms. The van der Waals surface area contributed by atoms with Gasteiger partial charge in [-0.15, -0.1) is 0 Å². The first-order valence-electron chi connectivity index (χ1n) is 11.1. The number of aromatic nitrogens is 3. The Balaban J connectivity index is 1.77. The second-order valence-electron chi connectivity index (χ2n) is 9.28. The lowest BCUT2D eigenvalue weighted by Gasteiger charge is -2.31. The van der Waals surface area contributed by atoms with Crippen molar-refractivity contribution >= 4 is 28.8 Å². The van der Waals surface area contributed by atoms with Crippen molar-refractivity contribution in [2.75, 3.05) is 14.2 Å². The fourth-order valence-corrected chi connectivity index (χ4v) is 4.88. The standard InChI is InChI=1S/C26H25ClN4O3S/c1-26(2,3)30(4)25(32)22-19-13-34-21-12-20(33-5)17(16-7-6-9-28-24(16)27)11-18(21)23(19)31(29-22)15-8-10-35-14-15/h6-12,14H,13H2,1-5H3. The molecular formula is C26H25ClN4O3S. The highest BCUT2D eigenvalue weighted by Gasteiger charge is 2.34. The molecule has 9 heteroatoms. The summed E-state index contributed by atoms with van der Waals surface area (Å²) in [6.07, 6.45) is 1.65. The number of hydrogen-bond acceptors (Lipinski definition) is 6. The van der Waals surface area contributed by atoms with E-state index in [9.17, 15) is 4.79 Å². The summed E-state index contributed by atoms with van der Waals surface area (Å²) in [6, 6.07) is 9.54. The van der Waals surface area contributed by atoms with Crippen LogP contribution in [0.3, 0.4) is 0 Å². The molecule has 35 heavy (non-hydrogen) atoms. The molecule has 1 amide bonds. The van der Waals surface area contributed by atoms with Crippen LogP contribution in [-0.4, -0.2) is 45.3 Å². The number of thiophene rings is 1. The molecule has 0 bridgehead atoms. The van der Waals surface area contributed by atoms with E-state index in [4.69, 9.17) is 26.2 Å². The lowest BCUT2D eigenvalue weighted by atomic mass is 9.96. The number of halogens is 1. The van der Waals surface area contributed by atoms with E-state index in [1.165, 1.54) is 0 Å². The highest BCUT2D eigenvalue weighted by molar-refractivity contribution is 7.08. The monoisotopic (exact) mass is 508 g/mol. The summed E-state index contributed by atoms with van der Waals surface area (Å²) in [4.78, 5) is 19.5. The average Bonchev–Trinajstić information content (AvgIpc) is 3.50. The first-order chi connectivity index (χ1) is 16.7. The molecule has 1 aromatic carbocycles. The van der Waals surface area contributed by atoms with Crippen molar-refractivity contribution in [2.45, 2.75) is 32.9 Å². The predicted molar refractivity (Wildman–Crippen MR) is 138 cm³/mol. The Hall–Kier alpha value is -3.36. The molecule has 0 N–H and O–H groups in total. The minimum atomic E-state index is -0.360. The van der Waals surface area contributed by atoms with Gasteiger partial charge >= 0.3 is 0 Å². The number of benzene rings is 1. The quantitative estimate of drug-likeness (QED) is 0.312. The maximum absolute atomic E-state index is 13.5. The van der Waals surface area contributed by atoms with Gasteiger partial charge in [-0.1, -0.05) is 11.6 Å². The minimum absolute atomic E-state index is 0.154. The number of nitrogens with zero attached hydrogens (tertiary/aromatic N) is 4. The van der Waals surface area contributed by atoms with E-state index in [-0.39, 0.29) is 18.1 Å². The van der Waals surface area contributed by atoms with Crippen molar-refractivity contribution in [2.24, 2.45) is 0 Å². The van der Waals surface area contributed by atoms with E-state index < -0.39 is 0 Å². The molecule has 3 aromatic heterocycles. The van der Waals surface area contributed by atoms with Gasteiger partial charge in [-0.25, -0.2) is 9.67 Å². The molecule has 0 aliphatic carbocycles. The third-order valence-electron chi connectivity index (χ3n) is 6.23. The molecule has 0 saturated heterocycles. The van der Waals surface area contributed by atoms with Gasteiger partial charge in [-0.3, -0.25) is 4.79 Å². The number of pyridine rings is 1. The molecule has 1 aliphatic rings. The van der Waals surface area contributed by atoms with E-state index in [2.05, 4.69) is 4.98 Å². The van der Waals surface area contributed by atoms with Gasteiger partial charge in [0.05, 0.1) is 18.5 Å². The third kappa shape index (κ3) is 3.96. The fraction of sp³-hybridized carbons (Fsp3) is 0.269. The molecule has 4 heterocycles. The largest absolute Gasteiger partial charge is 0.496 e. The molecule has 0 fully saturated rings. The molecule has 0 saturated carbocycles. The van der Waals surface area contributed by atoms with E-state index in [0.717, 1.165) is 33.6 Å². The number of rotatable bonds is 4. The summed E-state index contributed by atoms with van der Waals surface area (Å²) in [7, 11) is 3.40. The molecular weight excluding hydrogens is 484 g/mol. The van der Waals surface area contributed by atoms with Gasteiger partial charge in [0.2, 0.25) is 0 Å². The van der Waals surface area contributed by atoms with Gasteiger partial charge in [0.25, 0.3) is 5.91 Å². The first-order valence-corrected chi connectivity index (χ1v) is 12.4. The maximum Gasteiger partial charge on any atom is 0.274 e. The Morgan fingerprint density at radius 2 is 2.03 bits per heavy atom. The van der Waals surface area contributed by atoms with Crippen LogP contribution in [0.5, 0.6) is 11.5 Å². The van der Waals surface area contributed by atoms with Crippen LogP contribution in [0.4, 0.5) is 0 Å².